The molecule has 41 heavy (non-hydrogen) atoms. The zero-order valence-electron chi connectivity index (χ0n) is 23.1. The van der Waals surface area contributed by atoms with E-state index in [2.05, 4.69) is 10.2 Å². The van der Waals surface area contributed by atoms with Crippen LogP contribution < -0.4 is 10.2 Å². The molecule has 2 heterocycles. The van der Waals surface area contributed by atoms with Crippen molar-refractivity contribution in [2.45, 2.75) is 103 Å². The maximum Gasteiger partial charge on any atom is 0.342 e. The van der Waals surface area contributed by atoms with Crippen LogP contribution in [-0.4, -0.2) is 95.1 Å². The van der Waals surface area contributed by atoms with Gasteiger partial charge in [-0.25, -0.2) is 23.3 Å². The van der Waals surface area contributed by atoms with Gasteiger partial charge in [-0.1, -0.05) is 11.6 Å². The van der Waals surface area contributed by atoms with E-state index in [4.69, 9.17) is 30.3 Å². The number of carbonyl (C=O) groups excluding carboxylic acids is 4. The van der Waals surface area contributed by atoms with Gasteiger partial charge in [-0.05, 0) is 41.5 Å². The molecular weight excluding hydrogens is 602 g/mol. The first-order chi connectivity index (χ1) is 18.8. The molecule has 1 saturated heterocycles. The van der Waals surface area contributed by atoms with Crippen molar-refractivity contribution in [1.29, 1.82) is 0 Å². The van der Waals surface area contributed by atoms with Gasteiger partial charge in [0.1, 0.15) is 23.2 Å². The van der Waals surface area contributed by atoms with E-state index in [1.165, 1.54) is 13.8 Å². The lowest BCUT2D eigenvalue weighted by Crippen LogP contribution is -2.52. The number of hydrogen-bond acceptors (Lipinski definition) is 10. The van der Waals surface area contributed by atoms with Gasteiger partial charge in [0.05, 0.1) is 25.2 Å². The molecule has 0 saturated carbocycles. The molecule has 0 aromatic heterocycles. The normalized spacial score (nSPS) is 26.9. The number of alkyl halides is 3. The topological polar surface area (TPSA) is 170 Å². The number of aliphatic hydroxyl groups excluding tert-OH is 1. The van der Waals surface area contributed by atoms with E-state index >= 15 is 4.39 Å². The monoisotopic (exact) mass is 635 g/mol. The van der Waals surface area contributed by atoms with E-state index in [9.17, 15) is 37.6 Å². The number of nitrogens with one attached hydrogen (secondary N) is 2. The van der Waals surface area contributed by atoms with E-state index in [1.807, 2.05) is 0 Å². The highest BCUT2D eigenvalue weighted by molar-refractivity contribution is 7.54. The van der Waals surface area contributed by atoms with Crippen molar-refractivity contribution in [2.75, 3.05) is 6.61 Å². The van der Waals surface area contributed by atoms with E-state index in [0.29, 0.717) is 4.90 Å². The molecule has 13 nitrogen and oxygen atoms in total. The lowest BCUT2D eigenvalue weighted by atomic mass is 9.98. The number of hydrogen-bond donors (Lipinski definition) is 3. The van der Waals surface area contributed by atoms with Crippen molar-refractivity contribution in [2.24, 2.45) is 0 Å². The number of rotatable bonds is 13. The third kappa shape index (κ3) is 8.49. The first-order valence-electron chi connectivity index (χ1n) is 12.5. The van der Waals surface area contributed by atoms with Crippen LogP contribution >= 0.6 is 19.3 Å². The van der Waals surface area contributed by atoms with Crippen molar-refractivity contribution in [3.05, 3.63) is 11.2 Å². The van der Waals surface area contributed by atoms with Gasteiger partial charge in [-0.3, -0.25) is 28.6 Å². The maximum atomic E-state index is 15.4. The van der Waals surface area contributed by atoms with Gasteiger partial charge in [-0.15, -0.1) is 0 Å². The Balaban J connectivity index is 2.37. The van der Waals surface area contributed by atoms with Crippen LogP contribution in [0.25, 0.3) is 0 Å². The fourth-order valence-electron chi connectivity index (χ4n) is 3.75. The summed E-state index contributed by atoms with van der Waals surface area (Å²) in [5.41, 5.74) is -3.30. The van der Waals surface area contributed by atoms with E-state index in [-0.39, 0.29) is 0 Å². The predicted octanol–water partition coefficient (Wildman–Crippen LogP) is 1.91. The van der Waals surface area contributed by atoms with Gasteiger partial charge in [-0.2, -0.15) is 0 Å². The standard InChI is InChI=1S/C23H34ClF3N3O10P/c1-10(2)38-20(34)12(5)28-41(36,29-13(6)21(35)39-11(3)4)37-9-23(22(26)27)18(25)17(33)19(40-23)30-8-14(24)15(31)7-16(30)32/h8,10-13,17-19,22,33H,7,9H2,1-6H3,(H2,28,29,36)/t12-,13-,17+,18+,19+,23+/m0/s1. The van der Waals surface area contributed by atoms with Gasteiger partial charge in [0.25, 0.3) is 6.43 Å². The first-order valence-corrected chi connectivity index (χ1v) is 14.5. The minimum Gasteiger partial charge on any atom is -0.462 e. The molecule has 2 aliphatic rings. The third-order valence-corrected chi connectivity index (χ3v) is 8.03. The Morgan fingerprint density at radius 3 is 2.05 bits per heavy atom. The number of aliphatic hydroxyl groups is 1. The Bertz CT molecular complexity index is 1060. The summed E-state index contributed by atoms with van der Waals surface area (Å²) < 4.78 is 78.4. The van der Waals surface area contributed by atoms with Crippen LogP contribution in [0.5, 0.6) is 0 Å². The molecule has 2 rings (SSSR count). The van der Waals surface area contributed by atoms with Gasteiger partial charge in [0.2, 0.25) is 5.91 Å². The summed E-state index contributed by atoms with van der Waals surface area (Å²) in [5, 5.41) is 14.5. The van der Waals surface area contributed by atoms with Crippen LogP contribution in [0.4, 0.5) is 13.2 Å². The highest BCUT2D eigenvalue weighted by atomic mass is 35.5. The van der Waals surface area contributed by atoms with Crippen LogP contribution in [0.2, 0.25) is 0 Å². The molecule has 0 spiro atoms. The SMILES string of the molecule is CC(C)OC(=O)[C@H](C)NP(=O)(N[C@@H](C)C(=O)OC(C)C)OC[C@@]1(C(F)F)O[C@@H](N2C=C(Cl)C(=O)CC2=O)[C@H](O)[C@H]1F. The number of esters is 2. The van der Waals surface area contributed by atoms with Crippen LogP contribution in [-0.2, 0) is 42.5 Å². The largest absolute Gasteiger partial charge is 0.462 e. The summed E-state index contributed by atoms with van der Waals surface area (Å²) in [4.78, 5) is 49.2. The lowest BCUT2D eigenvalue weighted by molar-refractivity contribution is -0.192. The molecule has 6 atom stereocenters. The van der Waals surface area contributed by atoms with Crippen molar-refractivity contribution in [3.63, 3.8) is 0 Å². The zero-order valence-corrected chi connectivity index (χ0v) is 24.8. The zero-order chi connectivity index (χ0) is 31.4. The third-order valence-electron chi connectivity index (χ3n) is 5.77. The van der Waals surface area contributed by atoms with Crippen LogP contribution in [0, 0.1) is 0 Å². The lowest BCUT2D eigenvalue weighted by Gasteiger charge is -2.34. The Kier molecular flexibility index (Phi) is 11.9. The fraction of sp³-hybridized carbons (Fsp3) is 0.739. The van der Waals surface area contributed by atoms with Crippen LogP contribution in [0.1, 0.15) is 48.0 Å². The average molecular weight is 636 g/mol. The molecule has 18 heteroatoms. The molecule has 0 unspecified atom stereocenters. The summed E-state index contributed by atoms with van der Waals surface area (Å²) in [7, 11) is -4.71. The minimum atomic E-state index is -4.71. The van der Waals surface area contributed by atoms with Crippen molar-refractivity contribution in [3.8, 4) is 0 Å². The van der Waals surface area contributed by atoms with Crippen LogP contribution in [0.3, 0.4) is 0 Å². The molecule has 0 bridgehead atoms. The fourth-order valence-corrected chi connectivity index (χ4v) is 5.75. The van der Waals surface area contributed by atoms with E-state index in [0.717, 1.165) is 6.20 Å². The highest BCUT2D eigenvalue weighted by Crippen LogP contribution is 2.46. The molecule has 3 N–H and O–H groups in total. The molecule has 0 aliphatic carbocycles. The Hall–Kier alpha value is -2.07. The second-order valence-electron chi connectivity index (χ2n) is 10.0. The summed E-state index contributed by atoms with van der Waals surface area (Å²) in [6.07, 6.45) is -12.3. The molecule has 1 fully saturated rings. The minimum absolute atomic E-state index is 0.482. The number of Topliss-reactive ketones (excluding diaryl/α,β-unsaturated/α-hetero) is 1. The molecule has 0 aromatic carbocycles. The Morgan fingerprint density at radius 1 is 1.12 bits per heavy atom. The molecule has 0 radical (unpaired) electrons. The van der Waals surface area contributed by atoms with Gasteiger partial charge in [0.15, 0.2) is 23.8 Å². The number of ketones is 1. The van der Waals surface area contributed by atoms with E-state index < -0.39 is 104 Å². The smallest absolute Gasteiger partial charge is 0.342 e. The quantitative estimate of drug-likeness (QED) is 0.153. The second kappa shape index (κ2) is 13.9. The van der Waals surface area contributed by atoms with E-state index in [1.54, 1.807) is 27.7 Å². The molecular formula is C23H34ClF3N3O10P. The predicted molar refractivity (Wildman–Crippen MR) is 136 cm³/mol. The number of carbonyl (C=O) groups is 4. The number of halogens is 4. The molecule has 0 aromatic rings. The van der Waals surface area contributed by atoms with Gasteiger partial charge >= 0.3 is 19.6 Å². The van der Waals surface area contributed by atoms with Gasteiger partial charge < -0.3 is 23.8 Å². The first kappa shape index (κ1) is 35.1. The second-order valence-corrected chi connectivity index (χ2v) is 12.3. The Labute approximate surface area is 239 Å². The highest BCUT2D eigenvalue weighted by Gasteiger charge is 2.64. The number of allylic oxidation sites excluding steroid dienone is 1. The summed E-state index contributed by atoms with van der Waals surface area (Å²) in [6, 6.07) is -2.77. The van der Waals surface area contributed by atoms with Gasteiger partial charge in [0, 0.05) is 6.20 Å². The maximum absolute atomic E-state index is 15.4. The number of amides is 1. The average Bonchev–Trinajstić information content (AvgIpc) is 3.10. The molecule has 2 aliphatic heterocycles. The number of nitrogens with zero attached hydrogens (tertiary/aromatic N) is 1. The molecule has 234 valence electrons. The van der Waals surface area contributed by atoms with Crippen molar-refractivity contribution < 1.29 is 60.8 Å². The van der Waals surface area contributed by atoms with Crippen molar-refractivity contribution >= 4 is 42.9 Å². The Morgan fingerprint density at radius 2 is 1.61 bits per heavy atom. The van der Waals surface area contributed by atoms with Crippen LogP contribution in [0.15, 0.2) is 11.2 Å². The van der Waals surface area contributed by atoms with Crippen molar-refractivity contribution in [1.82, 2.24) is 15.1 Å². The summed E-state index contributed by atoms with van der Waals surface area (Å²) in [5.74, 6) is -3.62. The molecule has 1 amide bonds. The summed E-state index contributed by atoms with van der Waals surface area (Å²) in [6.45, 7) is 7.09. The number of ether oxygens (including phenoxy) is 3. The summed E-state index contributed by atoms with van der Waals surface area (Å²) >= 11 is 5.74.